The molecule has 0 unspecified atom stereocenters. The zero-order valence-corrected chi connectivity index (χ0v) is 12.2. The zero-order valence-electron chi connectivity index (χ0n) is 11.4. The Kier molecular flexibility index (Phi) is 5.16. The van der Waals surface area contributed by atoms with Gasteiger partial charge in [-0.3, -0.25) is 0 Å². The van der Waals surface area contributed by atoms with Gasteiger partial charge in [0.1, 0.15) is 10.6 Å². The molecule has 0 saturated heterocycles. The topological polar surface area (TPSA) is 55.4 Å². The van der Waals surface area contributed by atoms with Gasteiger partial charge in [-0.05, 0) is 37.5 Å². The lowest BCUT2D eigenvalue weighted by molar-refractivity contribution is 0.401. The zero-order chi connectivity index (χ0) is 13.8. The standard InChI is InChI=1S/C13H21NO3S/c1-5-6-7-14-18(15,16)13-11(3)8-10(2)9-12(13)17-4/h8-9,14H,5-7H2,1-4H3. The quantitative estimate of drug-likeness (QED) is 0.808. The average molecular weight is 271 g/mol. The molecule has 4 nitrogen and oxygen atoms in total. The lowest BCUT2D eigenvalue weighted by atomic mass is 10.1. The first kappa shape index (κ1) is 15.0. The summed E-state index contributed by atoms with van der Waals surface area (Å²) in [4.78, 5) is 0.242. The summed E-state index contributed by atoms with van der Waals surface area (Å²) in [7, 11) is -2.01. The average Bonchev–Trinajstić information content (AvgIpc) is 2.27. The van der Waals surface area contributed by atoms with Gasteiger partial charge in [-0.25, -0.2) is 13.1 Å². The van der Waals surface area contributed by atoms with Crippen molar-refractivity contribution in [2.45, 2.75) is 38.5 Å². The number of rotatable bonds is 6. The second-order valence-corrected chi connectivity index (χ2v) is 6.07. The summed E-state index contributed by atoms with van der Waals surface area (Å²) in [6.07, 6.45) is 1.78. The third kappa shape index (κ3) is 3.46. The summed E-state index contributed by atoms with van der Waals surface area (Å²) in [6, 6.07) is 3.58. The molecule has 0 atom stereocenters. The van der Waals surface area contributed by atoms with Crippen molar-refractivity contribution in [1.82, 2.24) is 4.72 Å². The SMILES string of the molecule is CCCCNS(=O)(=O)c1c(C)cc(C)cc1OC. The Morgan fingerprint density at radius 1 is 1.28 bits per heavy atom. The van der Waals surface area contributed by atoms with Crippen LogP contribution in [0.25, 0.3) is 0 Å². The molecule has 5 heteroatoms. The molecule has 1 rings (SSSR count). The Morgan fingerprint density at radius 2 is 1.94 bits per heavy atom. The van der Waals surface area contributed by atoms with Gasteiger partial charge in [-0.15, -0.1) is 0 Å². The van der Waals surface area contributed by atoms with Crippen LogP contribution >= 0.6 is 0 Å². The minimum Gasteiger partial charge on any atom is -0.495 e. The Morgan fingerprint density at radius 3 is 2.50 bits per heavy atom. The molecule has 0 aromatic heterocycles. The monoisotopic (exact) mass is 271 g/mol. The van der Waals surface area contributed by atoms with Crippen LogP contribution in [0.2, 0.25) is 0 Å². The highest BCUT2D eigenvalue weighted by atomic mass is 32.2. The van der Waals surface area contributed by atoms with Crippen molar-refractivity contribution in [3.8, 4) is 5.75 Å². The molecule has 18 heavy (non-hydrogen) atoms. The largest absolute Gasteiger partial charge is 0.495 e. The molecule has 0 fully saturated rings. The van der Waals surface area contributed by atoms with Gasteiger partial charge in [0.05, 0.1) is 7.11 Å². The van der Waals surface area contributed by atoms with Crippen molar-refractivity contribution in [2.24, 2.45) is 0 Å². The molecule has 0 bridgehead atoms. The van der Waals surface area contributed by atoms with Crippen LogP contribution in [0.5, 0.6) is 5.75 Å². The molecule has 1 aromatic rings. The summed E-state index contributed by atoms with van der Waals surface area (Å²) in [5, 5.41) is 0. The number of nitrogens with one attached hydrogen (secondary N) is 1. The van der Waals surface area contributed by atoms with Crippen LogP contribution in [0, 0.1) is 13.8 Å². The van der Waals surface area contributed by atoms with E-state index in [1.807, 2.05) is 19.9 Å². The number of methoxy groups -OCH3 is 1. The van der Waals surface area contributed by atoms with Crippen LogP contribution in [-0.4, -0.2) is 22.1 Å². The Labute approximate surface area is 109 Å². The van der Waals surface area contributed by atoms with Crippen molar-refractivity contribution in [2.75, 3.05) is 13.7 Å². The Hall–Kier alpha value is -1.07. The second-order valence-electron chi connectivity index (χ2n) is 4.36. The van der Waals surface area contributed by atoms with E-state index >= 15 is 0 Å². The summed E-state index contributed by atoms with van der Waals surface area (Å²) in [5.41, 5.74) is 1.69. The van der Waals surface area contributed by atoms with E-state index in [0.29, 0.717) is 17.9 Å². The van der Waals surface area contributed by atoms with Gasteiger partial charge in [0.15, 0.2) is 0 Å². The molecule has 102 valence electrons. The first-order valence-corrected chi connectivity index (χ1v) is 7.55. The third-order valence-corrected chi connectivity index (χ3v) is 4.34. The van der Waals surface area contributed by atoms with Gasteiger partial charge in [0.2, 0.25) is 10.0 Å². The summed E-state index contributed by atoms with van der Waals surface area (Å²) in [6.45, 7) is 6.17. The van der Waals surface area contributed by atoms with Crippen LogP contribution in [0.1, 0.15) is 30.9 Å². The minimum absolute atomic E-state index is 0.242. The lowest BCUT2D eigenvalue weighted by Gasteiger charge is -2.14. The fourth-order valence-electron chi connectivity index (χ4n) is 1.87. The number of hydrogen-bond acceptors (Lipinski definition) is 3. The van der Waals surface area contributed by atoms with Crippen molar-refractivity contribution >= 4 is 10.0 Å². The molecule has 1 N–H and O–H groups in total. The molecule has 0 spiro atoms. The number of unbranched alkanes of at least 4 members (excludes halogenated alkanes) is 1. The highest BCUT2D eigenvalue weighted by Gasteiger charge is 2.21. The first-order valence-electron chi connectivity index (χ1n) is 6.07. The number of aryl methyl sites for hydroxylation is 2. The van der Waals surface area contributed by atoms with Crippen LogP contribution < -0.4 is 9.46 Å². The molecule has 1 aromatic carbocycles. The van der Waals surface area contributed by atoms with Crippen molar-refractivity contribution in [1.29, 1.82) is 0 Å². The van der Waals surface area contributed by atoms with Crippen LogP contribution in [0.3, 0.4) is 0 Å². The van der Waals surface area contributed by atoms with Crippen LogP contribution in [0.4, 0.5) is 0 Å². The van der Waals surface area contributed by atoms with E-state index in [9.17, 15) is 8.42 Å². The molecular formula is C13H21NO3S. The maximum atomic E-state index is 12.2. The van der Waals surface area contributed by atoms with Gasteiger partial charge >= 0.3 is 0 Å². The fraction of sp³-hybridized carbons (Fsp3) is 0.538. The highest BCUT2D eigenvalue weighted by molar-refractivity contribution is 7.89. The number of sulfonamides is 1. The van der Waals surface area contributed by atoms with E-state index in [1.165, 1.54) is 7.11 Å². The number of benzene rings is 1. The van der Waals surface area contributed by atoms with Gasteiger partial charge in [-0.2, -0.15) is 0 Å². The predicted molar refractivity (Wildman–Crippen MR) is 72.6 cm³/mol. The van der Waals surface area contributed by atoms with Gasteiger partial charge in [0, 0.05) is 6.54 Å². The lowest BCUT2D eigenvalue weighted by Crippen LogP contribution is -2.26. The van der Waals surface area contributed by atoms with Crippen molar-refractivity contribution in [3.05, 3.63) is 23.3 Å². The van der Waals surface area contributed by atoms with E-state index in [2.05, 4.69) is 4.72 Å². The maximum absolute atomic E-state index is 12.2. The molecule has 0 saturated carbocycles. The summed E-state index contributed by atoms with van der Waals surface area (Å²) < 4.78 is 32.2. The molecule has 0 radical (unpaired) electrons. The number of hydrogen-bond donors (Lipinski definition) is 1. The smallest absolute Gasteiger partial charge is 0.244 e. The van der Waals surface area contributed by atoms with E-state index in [-0.39, 0.29) is 4.90 Å². The van der Waals surface area contributed by atoms with E-state index in [1.54, 1.807) is 13.0 Å². The van der Waals surface area contributed by atoms with Gasteiger partial charge in [0.25, 0.3) is 0 Å². The first-order chi connectivity index (χ1) is 8.42. The molecule has 0 heterocycles. The van der Waals surface area contributed by atoms with E-state index in [0.717, 1.165) is 18.4 Å². The Bertz CT molecular complexity index is 509. The molecule has 0 aliphatic heterocycles. The minimum atomic E-state index is -3.50. The molecule has 0 amide bonds. The summed E-state index contributed by atoms with van der Waals surface area (Å²) >= 11 is 0. The molecule has 0 aliphatic rings. The third-order valence-electron chi connectivity index (χ3n) is 2.70. The van der Waals surface area contributed by atoms with Crippen molar-refractivity contribution < 1.29 is 13.2 Å². The Balaban J connectivity index is 3.15. The van der Waals surface area contributed by atoms with Gasteiger partial charge < -0.3 is 4.74 Å². The molecule has 0 aliphatic carbocycles. The molecular weight excluding hydrogens is 250 g/mol. The van der Waals surface area contributed by atoms with Crippen LogP contribution in [0.15, 0.2) is 17.0 Å². The summed E-state index contributed by atoms with van der Waals surface area (Å²) in [5.74, 6) is 0.400. The predicted octanol–water partition coefficient (Wildman–Crippen LogP) is 2.39. The normalized spacial score (nSPS) is 11.6. The second kappa shape index (κ2) is 6.20. The van der Waals surface area contributed by atoms with Gasteiger partial charge in [-0.1, -0.05) is 19.4 Å². The van der Waals surface area contributed by atoms with Crippen LogP contribution in [-0.2, 0) is 10.0 Å². The maximum Gasteiger partial charge on any atom is 0.244 e. The van der Waals surface area contributed by atoms with E-state index < -0.39 is 10.0 Å². The fourth-order valence-corrected chi connectivity index (χ4v) is 3.31. The van der Waals surface area contributed by atoms with Crippen molar-refractivity contribution in [3.63, 3.8) is 0 Å². The highest BCUT2D eigenvalue weighted by Crippen LogP contribution is 2.28. The number of ether oxygens (including phenoxy) is 1. The van der Waals surface area contributed by atoms with E-state index in [4.69, 9.17) is 4.74 Å².